The van der Waals surface area contributed by atoms with E-state index in [2.05, 4.69) is 36.8 Å². The first-order valence-corrected chi connectivity index (χ1v) is 6.66. The third-order valence-corrected chi connectivity index (χ3v) is 4.21. The average Bonchev–Trinajstić information content (AvgIpc) is 2.90. The summed E-state index contributed by atoms with van der Waals surface area (Å²) in [6.07, 6.45) is 0.389. The molecule has 2 aromatic rings. The molecule has 1 N–H and O–H groups in total. The largest absolute Gasteiger partial charge is 0.374 e. The first-order chi connectivity index (χ1) is 9.11. The second kappa shape index (κ2) is 4.36. The number of benzene rings is 1. The first kappa shape index (κ1) is 12.2. The maximum Gasteiger partial charge on any atom is 0.113 e. The van der Waals surface area contributed by atoms with Gasteiger partial charge in [0.25, 0.3) is 0 Å². The van der Waals surface area contributed by atoms with Gasteiger partial charge in [-0.3, -0.25) is 0 Å². The van der Waals surface area contributed by atoms with Gasteiger partial charge < -0.3 is 9.72 Å². The lowest BCUT2D eigenvalue weighted by atomic mass is 9.89. The number of imidazole rings is 1. The number of para-hydroxylation sites is 1. The van der Waals surface area contributed by atoms with Crippen LogP contribution in [0.15, 0.2) is 18.2 Å². The van der Waals surface area contributed by atoms with Crippen LogP contribution in [0.4, 0.5) is 0 Å². The molecule has 4 atom stereocenters. The van der Waals surface area contributed by atoms with E-state index in [1.807, 2.05) is 12.1 Å². The molecule has 1 aromatic carbocycles. The number of aromatic nitrogens is 2. The summed E-state index contributed by atoms with van der Waals surface area (Å²) in [5, 5.41) is 9.13. The van der Waals surface area contributed by atoms with Crippen LogP contribution < -0.4 is 0 Å². The monoisotopic (exact) mass is 255 g/mol. The molecule has 1 saturated heterocycles. The summed E-state index contributed by atoms with van der Waals surface area (Å²) in [4.78, 5) is 7.99. The summed E-state index contributed by atoms with van der Waals surface area (Å²) in [7, 11) is 0. The number of nitriles is 1. The highest BCUT2D eigenvalue weighted by molar-refractivity contribution is 5.81. The third-order valence-electron chi connectivity index (χ3n) is 4.21. The van der Waals surface area contributed by atoms with Crippen LogP contribution in [0.5, 0.6) is 0 Å². The van der Waals surface area contributed by atoms with E-state index in [4.69, 9.17) is 10.00 Å². The van der Waals surface area contributed by atoms with Crippen molar-refractivity contribution in [2.75, 3.05) is 0 Å². The van der Waals surface area contributed by atoms with E-state index in [0.717, 1.165) is 16.9 Å². The van der Waals surface area contributed by atoms with Gasteiger partial charge in [0, 0.05) is 5.92 Å². The number of hydrogen-bond acceptors (Lipinski definition) is 3. The molecule has 1 aliphatic heterocycles. The van der Waals surface area contributed by atoms with Crippen molar-refractivity contribution in [3.05, 3.63) is 29.6 Å². The minimum atomic E-state index is 0.149. The van der Waals surface area contributed by atoms with Crippen molar-refractivity contribution in [1.82, 2.24) is 9.97 Å². The van der Waals surface area contributed by atoms with Crippen molar-refractivity contribution in [3.8, 4) is 6.07 Å². The van der Waals surface area contributed by atoms with Gasteiger partial charge >= 0.3 is 0 Å². The van der Waals surface area contributed by atoms with Crippen LogP contribution in [0.25, 0.3) is 11.0 Å². The number of fused-ring (bicyclic) bond motifs is 1. The molecule has 0 spiro atoms. The predicted molar refractivity (Wildman–Crippen MR) is 72.7 cm³/mol. The van der Waals surface area contributed by atoms with Crippen LogP contribution >= 0.6 is 0 Å². The Balaban J connectivity index is 2.10. The number of ether oxygens (including phenoxy) is 1. The molecule has 4 unspecified atom stereocenters. The number of nitrogens with zero attached hydrogens (tertiary/aromatic N) is 2. The second-order valence-electron chi connectivity index (χ2n) is 5.37. The zero-order valence-electron chi connectivity index (χ0n) is 11.3. The van der Waals surface area contributed by atoms with Gasteiger partial charge in [-0.05, 0) is 31.9 Å². The standard InChI is InChI=1S/C15H17N3O/c1-8-9(2)19-10(3)13(8)15-17-12-6-4-5-11(7-16)14(12)18-15/h4-6,8-10,13H,1-3H3,(H,17,18). The molecule has 19 heavy (non-hydrogen) atoms. The van der Waals surface area contributed by atoms with E-state index >= 15 is 0 Å². The van der Waals surface area contributed by atoms with Crippen molar-refractivity contribution >= 4 is 11.0 Å². The summed E-state index contributed by atoms with van der Waals surface area (Å²) in [5.74, 6) is 1.61. The van der Waals surface area contributed by atoms with E-state index in [9.17, 15) is 0 Å². The summed E-state index contributed by atoms with van der Waals surface area (Å²) in [5.41, 5.74) is 2.30. The number of aromatic amines is 1. The molecular formula is C15H17N3O. The predicted octanol–water partition coefficient (Wildman–Crippen LogP) is 2.96. The number of hydrogen-bond donors (Lipinski definition) is 1. The van der Waals surface area contributed by atoms with E-state index < -0.39 is 0 Å². The molecule has 0 radical (unpaired) electrons. The van der Waals surface area contributed by atoms with Crippen LogP contribution in [0.2, 0.25) is 0 Å². The molecular weight excluding hydrogens is 238 g/mol. The SMILES string of the molecule is CC1OC(C)C(c2nc3c(C#N)cccc3[nH]2)C1C. The molecule has 1 aromatic heterocycles. The summed E-state index contributed by atoms with van der Waals surface area (Å²) in [6.45, 7) is 6.38. The molecule has 98 valence electrons. The lowest BCUT2D eigenvalue weighted by Crippen LogP contribution is -2.16. The average molecular weight is 255 g/mol. The minimum Gasteiger partial charge on any atom is -0.374 e. The molecule has 2 heterocycles. The van der Waals surface area contributed by atoms with E-state index in [1.165, 1.54) is 0 Å². The van der Waals surface area contributed by atoms with Gasteiger partial charge in [-0.25, -0.2) is 4.98 Å². The van der Waals surface area contributed by atoms with Crippen LogP contribution in [-0.4, -0.2) is 22.2 Å². The lowest BCUT2D eigenvalue weighted by molar-refractivity contribution is 0.0554. The fraction of sp³-hybridized carbons (Fsp3) is 0.467. The Labute approximate surface area is 112 Å². The van der Waals surface area contributed by atoms with Crippen LogP contribution in [0.3, 0.4) is 0 Å². The maximum atomic E-state index is 9.13. The maximum absolute atomic E-state index is 9.13. The molecule has 3 rings (SSSR count). The van der Waals surface area contributed by atoms with Gasteiger partial charge in [0.05, 0.1) is 23.3 Å². The molecule has 4 nitrogen and oxygen atoms in total. The fourth-order valence-electron chi connectivity index (χ4n) is 3.04. The van der Waals surface area contributed by atoms with E-state index in [1.54, 1.807) is 6.07 Å². The van der Waals surface area contributed by atoms with Gasteiger partial charge in [-0.1, -0.05) is 13.0 Å². The smallest absolute Gasteiger partial charge is 0.113 e. The van der Waals surface area contributed by atoms with Crippen molar-refractivity contribution in [3.63, 3.8) is 0 Å². The molecule has 0 amide bonds. The molecule has 0 aliphatic carbocycles. The van der Waals surface area contributed by atoms with Crippen LogP contribution in [0, 0.1) is 17.2 Å². The van der Waals surface area contributed by atoms with E-state index in [0.29, 0.717) is 11.5 Å². The van der Waals surface area contributed by atoms with Gasteiger partial charge in [-0.2, -0.15) is 5.26 Å². The molecule has 1 aliphatic rings. The highest BCUT2D eigenvalue weighted by atomic mass is 16.5. The first-order valence-electron chi connectivity index (χ1n) is 6.66. The van der Waals surface area contributed by atoms with E-state index in [-0.39, 0.29) is 18.1 Å². The summed E-state index contributed by atoms with van der Waals surface area (Å²) in [6, 6.07) is 7.83. The second-order valence-corrected chi connectivity index (χ2v) is 5.37. The topological polar surface area (TPSA) is 61.7 Å². The molecule has 1 fully saturated rings. The van der Waals surface area contributed by atoms with Gasteiger partial charge in [0.1, 0.15) is 17.4 Å². The Morgan fingerprint density at radius 2 is 2.05 bits per heavy atom. The summed E-state index contributed by atoms with van der Waals surface area (Å²) < 4.78 is 5.87. The Morgan fingerprint density at radius 1 is 1.26 bits per heavy atom. The quantitative estimate of drug-likeness (QED) is 0.852. The zero-order valence-corrected chi connectivity index (χ0v) is 11.3. The lowest BCUT2D eigenvalue weighted by Gasteiger charge is -2.15. The normalized spacial score (nSPS) is 30.6. The molecule has 0 bridgehead atoms. The highest BCUT2D eigenvalue weighted by Gasteiger charge is 2.39. The van der Waals surface area contributed by atoms with Crippen molar-refractivity contribution < 1.29 is 4.74 Å². The molecule has 4 heteroatoms. The third kappa shape index (κ3) is 1.82. The number of H-pyrrole nitrogens is 1. The summed E-state index contributed by atoms with van der Waals surface area (Å²) >= 11 is 0. The Bertz CT molecular complexity index is 655. The van der Waals surface area contributed by atoms with Gasteiger partial charge in [0.15, 0.2) is 0 Å². The number of rotatable bonds is 1. The van der Waals surface area contributed by atoms with Crippen LogP contribution in [-0.2, 0) is 4.74 Å². The Hall–Kier alpha value is -1.86. The molecule has 0 saturated carbocycles. The van der Waals surface area contributed by atoms with Crippen molar-refractivity contribution in [1.29, 1.82) is 5.26 Å². The minimum absolute atomic E-state index is 0.149. The Kier molecular flexibility index (Phi) is 2.79. The van der Waals surface area contributed by atoms with Crippen molar-refractivity contribution in [2.24, 2.45) is 5.92 Å². The zero-order chi connectivity index (χ0) is 13.6. The number of nitrogens with one attached hydrogen (secondary N) is 1. The van der Waals surface area contributed by atoms with Crippen molar-refractivity contribution in [2.45, 2.75) is 38.9 Å². The highest BCUT2D eigenvalue weighted by Crippen LogP contribution is 2.39. The Morgan fingerprint density at radius 3 is 2.68 bits per heavy atom. The fourth-order valence-corrected chi connectivity index (χ4v) is 3.04. The van der Waals surface area contributed by atoms with Gasteiger partial charge in [0.2, 0.25) is 0 Å². The van der Waals surface area contributed by atoms with Crippen LogP contribution in [0.1, 0.15) is 38.1 Å². The van der Waals surface area contributed by atoms with Gasteiger partial charge in [-0.15, -0.1) is 0 Å².